The smallest absolute Gasteiger partial charge is 0.144 e. The van der Waals surface area contributed by atoms with E-state index in [2.05, 4.69) is 20.6 Å². The Bertz CT molecular complexity index is 311. The van der Waals surface area contributed by atoms with Crippen molar-refractivity contribution >= 4 is 5.82 Å². The van der Waals surface area contributed by atoms with Crippen LogP contribution in [-0.4, -0.2) is 42.3 Å². The predicted molar refractivity (Wildman–Crippen MR) is 62.4 cm³/mol. The van der Waals surface area contributed by atoms with Crippen molar-refractivity contribution < 1.29 is 4.74 Å². The summed E-state index contributed by atoms with van der Waals surface area (Å²) in [5.41, 5.74) is 0.0479. The maximum absolute atomic E-state index is 5.28. The minimum atomic E-state index is 0.0479. The van der Waals surface area contributed by atoms with E-state index in [9.17, 15) is 0 Å². The Balaban J connectivity index is 1.92. The van der Waals surface area contributed by atoms with Gasteiger partial charge in [-0.3, -0.25) is 4.98 Å². The zero-order valence-electron chi connectivity index (χ0n) is 9.57. The Hall–Kier alpha value is -1.20. The number of hydrogen-bond acceptors (Lipinski definition) is 5. The van der Waals surface area contributed by atoms with Crippen LogP contribution in [0.5, 0.6) is 0 Å². The lowest BCUT2D eigenvalue weighted by molar-refractivity contribution is 0.127. The lowest BCUT2D eigenvalue weighted by Crippen LogP contribution is -2.49. The summed E-state index contributed by atoms with van der Waals surface area (Å²) in [4.78, 5) is 8.21. The Morgan fingerprint density at radius 2 is 2.50 bits per heavy atom. The first-order valence-electron chi connectivity index (χ1n) is 5.58. The van der Waals surface area contributed by atoms with Crippen LogP contribution in [-0.2, 0) is 4.74 Å². The highest BCUT2D eigenvalue weighted by atomic mass is 16.5. The van der Waals surface area contributed by atoms with Gasteiger partial charge in [0.2, 0.25) is 0 Å². The molecule has 1 fully saturated rings. The molecule has 1 aromatic heterocycles. The lowest BCUT2D eigenvalue weighted by Gasteiger charge is -2.29. The second kappa shape index (κ2) is 5.23. The van der Waals surface area contributed by atoms with E-state index in [-0.39, 0.29) is 5.54 Å². The summed E-state index contributed by atoms with van der Waals surface area (Å²) in [5, 5.41) is 6.80. The van der Waals surface area contributed by atoms with E-state index >= 15 is 0 Å². The fourth-order valence-corrected chi connectivity index (χ4v) is 2.12. The number of aromatic nitrogens is 2. The molecule has 0 aliphatic carbocycles. The molecular weight excluding hydrogens is 204 g/mol. The second-order valence-electron chi connectivity index (χ2n) is 4.19. The van der Waals surface area contributed by atoms with Crippen LogP contribution in [0.1, 0.15) is 12.8 Å². The minimum absolute atomic E-state index is 0.0479. The molecule has 0 aromatic carbocycles. The number of ether oxygens (including phenoxy) is 1. The molecular formula is C11H18N4O. The van der Waals surface area contributed by atoms with E-state index in [4.69, 9.17) is 4.74 Å². The van der Waals surface area contributed by atoms with E-state index in [1.54, 1.807) is 25.7 Å². The van der Waals surface area contributed by atoms with Crippen molar-refractivity contribution in [1.29, 1.82) is 0 Å². The van der Waals surface area contributed by atoms with Crippen molar-refractivity contribution in [2.24, 2.45) is 0 Å². The van der Waals surface area contributed by atoms with Gasteiger partial charge >= 0.3 is 0 Å². The van der Waals surface area contributed by atoms with Gasteiger partial charge in [-0.1, -0.05) is 0 Å². The fraction of sp³-hybridized carbons (Fsp3) is 0.636. The van der Waals surface area contributed by atoms with Crippen molar-refractivity contribution in [3.63, 3.8) is 0 Å². The molecule has 0 bridgehead atoms. The highest BCUT2D eigenvalue weighted by molar-refractivity contribution is 5.31. The van der Waals surface area contributed by atoms with Gasteiger partial charge in [0.15, 0.2) is 0 Å². The molecule has 88 valence electrons. The molecule has 5 nitrogen and oxygen atoms in total. The molecule has 1 atom stereocenters. The van der Waals surface area contributed by atoms with Crippen LogP contribution in [0.3, 0.4) is 0 Å². The van der Waals surface area contributed by atoms with Crippen molar-refractivity contribution in [1.82, 2.24) is 15.3 Å². The SMILES string of the molecule is COCC1(CNc2cnccn2)CCCN1. The molecule has 0 amide bonds. The van der Waals surface area contributed by atoms with Gasteiger partial charge in [0.05, 0.1) is 18.3 Å². The van der Waals surface area contributed by atoms with Gasteiger partial charge in [-0.2, -0.15) is 0 Å². The zero-order valence-corrected chi connectivity index (χ0v) is 9.57. The summed E-state index contributed by atoms with van der Waals surface area (Å²) in [6.45, 7) is 2.60. The lowest BCUT2D eigenvalue weighted by atomic mass is 9.99. The quantitative estimate of drug-likeness (QED) is 0.766. The second-order valence-corrected chi connectivity index (χ2v) is 4.19. The molecule has 1 unspecified atom stereocenters. The molecule has 0 saturated carbocycles. The molecule has 1 aromatic rings. The third-order valence-electron chi connectivity index (χ3n) is 2.92. The zero-order chi connectivity index (χ0) is 11.3. The summed E-state index contributed by atoms with van der Waals surface area (Å²) < 4.78 is 5.28. The first kappa shape index (κ1) is 11.3. The van der Waals surface area contributed by atoms with E-state index in [0.29, 0.717) is 0 Å². The maximum atomic E-state index is 5.28. The third-order valence-corrected chi connectivity index (χ3v) is 2.92. The third kappa shape index (κ3) is 2.68. The molecule has 0 radical (unpaired) electrons. The van der Waals surface area contributed by atoms with Crippen molar-refractivity contribution in [3.05, 3.63) is 18.6 Å². The summed E-state index contributed by atoms with van der Waals surface area (Å²) in [6.07, 6.45) is 7.42. The molecule has 1 aliphatic rings. The summed E-state index contributed by atoms with van der Waals surface area (Å²) >= 11 is 0. The maximum Gasteiger partial charge on any atom is 0.144 e. The normalized spacial score (nSPS) is 24.6. The van der Waals surface area contributed by atoms with E-state index in [1.807, 2.05) is 0 Å². The van der Waals surface area contributed by atoms with Crippen molar-refractivity contribution in [3.8, 4) is 0 Å². The average Bonchev–Trinajstić information content (AvgIpc) is 2.78. The van der Waals surface area contributed by atoms with Crippen molar-refractivity contribution in [2.45, 2.75) is 18.4 Å². The molecule has 2 heterocycles. The van der Waals surface area contributed by atoms with Gasteiger partial charge in [0.25, 0.3) is 0 Å². The van der Waals surface area contributed by atoms with Crippen LogP contribution >= 0.6 is 0 Å². The van der Waals surface area contributed by atoms with Crippen LogP contribution < -0.4 is 10.6 Å². The Morgan fingerprint density at radius 3 is 3.12 bits per heavy atom. The van der Waals surface area contributed by atoms with Gasteiger partial charge in [0, 0.05) is 26.0 Å². The number of methoxy groups -OCH3 is 1. The molecule has 2 N–H and O–H groups in total. The molecule has 2 rings (SSSR count). The van der Waals surface area contributed by atoms with E-state index in [0.717, 1.165) is 31.9 Å². The van der Waals surface area contributed by atoms with E-state index in [1.165, 1.54) is 6.42 Å². The number of nitrogens with one attached hydrogen (secondary N) is 2. The highest BCUT2D eigenvalue weighted by Crippen LogP contribution is 2.20. The first-order valence-corrected chi connectivity index (χ1v) is 5.58. The van der Waals surface area contributed by atoms with Gasteiger partial charge in [-0.15, -0.1) is 0 Å². The van der Waals surface area contributed by atoms with Crippen LogP contribution in [0.25, 0.3) is 0 Å². The Kier molecular flexibility index (Phi) is 3.69. The number of rotatable bonds is 5. The number of anilines is 1. The van der Waals surface area contributed by atoms with Crippen LogP contribution in [0, 0.1) is 0 Å². The standard InChI is InChI=1S/C11H18N4O/c1-16-9-11(3-2-4-15-11)8-14-10-7-12-5-6-13-10/h5-7,15H,2-4,8-9H2,1H3,(H,13,14). The molecule has 1 saturated heterocycles. The average molecular weight is 222 g/mol. The summed E-state index contributed by atoms with van der Waals surface area (Å²) in [5.74, 6) is 0.812. The molecule has 0 spiro atoms. The minimum Gasteiger partial charge on any atom is -0.383 e. The fourth-order valence-electron chi connectivity index (χ4n) is 2.12. The highest BCUT2D eigenvalue weighted by Gasteiger charge is 2.33. The summed E-state index contributed by atoms with van der Waals surface area (Å²) in [7, 11) is 1.74. The molecule has 1 aliphatic heterocycles. The number of hydrogen-bond donors (Lipinski definition) is 2. The molecule has 5 heteroatoms. The van der Waals surface area contributed by atoms with Crippen molar-refractivity contribution in [2.75, 3.05) is 32.1 Å². The van der Waals surface area contributed by atoms with Gasteiger partial charge in [-0.05, 0) is 19.4 Å². The van der Waals surface area contributed by atoms with Crippen LogP contribution in [0.2, 0.25) is 0 Å². The first-order chi connectivity index (χ1) is 7.85. The van der Waals surface area contributed by atoms with Gasteiger partial charge in [-0.25, -0.2) is 4.98 Å². The van der Waals surface area contributed by atoms with Gasteiger partial charge < -0.3 is 15.4 Å². The predicted octanol–water partition coefficient (Wildman–Crippen LogP) is 0.657. The topological polar surface area (TPSA) is 59.1 Å². The monoisotopic (exact) mass is 222 g/mol. The largest absolute Gasteiger partial charge is 0.383 e. The van der Waals surface area contributed by atoms with Crippen LogP contribution in [0.15, 0.2) is 18.6 Å². The van der Waals surface area contributed by atoms with Gasteiger partial charge in [0.1, 0.15) is 5.82 Å². The number of nitrogens with zero attached hydrogens (tertiary/aromatic N) is 2. The Labute approximate surface area is 95.6 Å². The Morgan fingerprint density at radius 1 is 1.56 bits per heavy atom. The molecule has 16 heavy (non-hydrogen) atoms. The summed E-state index contributed by atoms with van der Waals surface area (Å²) in [6, 6.07) is 0. The van der Waals surface area contributed by atoms with Crippen LogP contribution in [0.4, 0.5) is 5.82 Å². The van der Waals surface area contributed by atoms with E-state index < -0.39 is 0 Å².